The average Bonchev–Trinajstić information content (AvgIpc) is 2.60. The molecule has 0 aliphatic heterocycles. The van der Waals surface area contributed by atoms with Crippen LogP contribution in [0.25, 0.3) is 0 Å². The van der Waals surface area contributed by atoms with E-state index in [0.717, 1.165) is 25.1 Å². The molecule has 0 spiro atoms. The zero-order valence-corrected chi connectivity index (χ0v) is 17.5. The third-order valence-corrected chi connectivity index (χ3v) is 4.00. The maximum atomic E-state index is 13.6. The maximum absolute atomic E-state index is 13.6. The second-order valence-corrected chi connectivity index (χ2v) is 5.81. The molecule has 2 aromatic rings. The monoisotopic (exact) mass is 472 g/mol. The third kappa shape index (κ3) is 6.78. The molecule has 0 radical (unpaired) electrons. The van der Waals surface area contributed by atoms with Gasteiger partial charge in [-0.25, -0.2) is 4.39 Å². The largest absolute Gasteiger partial charge is 0.356 e. The van der Waals surface area contributed by atoms with Gasteiger partial charge in [0, 0.05) is 44.0 Å². The lowest BCUT2D eigenvalue weighted by atomic mass is 10.2. The van der Waals surface area contributed by atoms with Gasteiger partial charge < -0.3 is 15.2 Å². The molecule has 0 saturated heterocycles. The van der Waals surface area contributed by atoms with Crippen LogP contribution in [0.1, 0.15) is 24.1 Å². The van der Waals surface area contributed by atoms with Crippen molar-refractivity contribution in [3.63, 3.8) is 0 Å². The molecule has 5 nitrogen and oxygen atoms in total. The SMILES string of the molecule is CN=C(NCCCCn1c(C)cccc1=O)NCc1ccccc1F.I. The number of benzene rings is 1. The summed E-state index contributed by atoms with van der Waals surface area (Å²) in [7, 11) is 1.68. The van der Waals surface area contributed by atoms with E-state index in [9.17, 15) is 9.18 Å². The standard InChI is InChI=1S/C19H25FN4O.HI/c1-15-8-7-11-18(25)24(15)13-6-5-12-22-19(21-2)23-14-16-9-3-4-10-17(16)20;/h3-4,7-11H,5-6,12-14H2,1-2H3,(H2,21,22,23);1H. The molecule has 142 valence electrons. The Bertz CT molecular complexity index is 776. The highest BCUT2D eigenvalue weighted by Gasteiger charge is 2.03. The highest BCUT2D eigenvalue weighted by Crippen LogP contribution is 2.05. The molecule has 2 rings (SSSR count). The number of aryl methyl sites for hydroxylation is 1. The highest BCUT2D eigenvalue weighted by atomic mass is 127. The summed E-state index contributed by atoms with van der Waals surface area (Å²) in [6.07, 6.45) is 1.79. The summed E-state index contributed by atoms with van der Waals surface area (Å²) in [6.45, 7) is 3.76. The number of unbranched alkanes of at least 4 members (excludes halogenated alkanes) is 1. The van der Waals surface area contributed by atoms with Gasteiger partial charge >= 0.3 is 0 Å². The van der Waals surface area contributed by atoms with Gasteiger partial charge in [-0.05, 0) is 31.9 Å². The Morgan fingerprint density at radius 1 is 1.12 bits per heavy atom. The Labute approximate surface area is 170 Å². The van der Waals surface area contributed by atoms with E-state index in [0.29, 0.717) is 24.6 Å². The van der Waals surface area contributed by atoms with Gasteiger partial charge in [0.05, 0.1) is 0 Å². The number of pyridine rings is 1. The summed E-state index contributed by atoms with van der Waals surface area (Å²) >= 11 is 0. The van der Waals surface area contributed by atoms with Gasteiger partial charge in [-0.3, -0.25) is 9.79 Å². The van der Waals surface area contributed by atoms with Crippen LogP contribution in [-0.2, 0) is 13.1 Å². The van der Waals surface area contributed by atoms with Crippen LogP contribution in [0.5, 0.6) is 0 Å². The van der Waals surface area contributed by atoms with Crippen LogP contribution in [0, 0.1) is 12.7 Å². The Kier molecular flexibility index (Phi) is 9.93. The minimum Gasteiger partial charge on any atom is -0.356 e. The number of guanidine groups is 1. The molecule has 1 aromatic heterocycles. The van der Waals surface area contributed by atoms with Crippen LogP contribution >= 0.6 is 24.0 Å². The fourth-order valence-corrected chi connectivity index (χ4v) is 2.55. The van der Waals surface area contributed by atoms with Crippen molar-refractivity contribution in [3.05, 3.63) is 69.9 Å². The van der Waals surface area contributed by atoms with E-state index in [1.807, 2.05) is 19.1 Å². The molecule has 2 N–H and O–H groups in total. The number of hydrogen-bond donors (Lipinski definition) is 2. The average molecular weight is 472 g/mol. The Balaban J connectivity index is 0.00000338. The first-order valence-electron chi connectivity index (χ1n) is 8.46. The van der Waals surface area contributed by atoms with E-state index in [1.165, 1.54) is 6.07 Å². The van der Waals surface area contributed by atoms with Crippen molar-refractivity contribution < 1.29 is 4.39 Å². The van der Waals surface area contributed by atoms with Gasteiger partial charge in [-0.2, -0.15) is 0 Å². The smallest absolute Gasteiger partial charge is 0.250 e. The maximum Gasteiger partial charge on any atom is 0.250 e. The Morgan fingerprint density at radius 2 is 1.88 bits per heavy atom. The normalized spacial score (nSPS) is 11.0. The molecule has 0 atom stereocenters. The first-order valence-corrected chi connectivity index (χ1v) is 8.46. The van der Waals surface area contributed by atoms with Crippen molar-refractivity contribution in [1.29, 1.82) is 0 Å². The van der Waals surface area contributed by atoms with Crippen LogP contribution in [0.3, 0.4) is 0 Å². The molecular formula is C19H26FIN4O. The summed E-state index contributed by atoms with van der Waals surface area (Å²) < 4.78 is 15.4. The van der Waals surface area contributed by atoms with Gasteiger partial charge in [-0.15, -0.1) is 24.0 Å². The summed E-state index contributed by atoms with van der Waals surface area (Å²) in [5.41, 5.74) is 1.61. The zero-order valence-electron chi connectivity index (χ0n) is 15.2. The lowest BCUT2D eigenvalue weighted by Crippen LogP contribution is -2.37. The summed E-state index contributed by atoms with van der Waals surface area (Å²) in [4.78, 5) is 15.9. The van der Waals surface area contributed by atoms with Gasteiger partial charge in [0.25, 0.3) is 5.56 Å². The van der Waals surface area contributed by atoms with Crippen molar-refractivity contribution in [1.82, 2.24) is 15.2 Å². The van der Waals surface area contributed by atoms with Gasteiger partial charge in [-0.1, -0.05) is 24.3 Å². The van der Waals surface area contributed by atoms with Gasteiger partial charge in [0.2, 0.25) is 0 Å². The predicted octanol–water partition coefficient (Wildman–Crippen LogP) is 3.06. The van der Waals surface area contributed by atoms with Gasteiger partial charge in [0.1, 0.15) is 5.82 Å². The number of aliphatic imine (C=N–C) groups is 1. The van der Waals surface area contributed by atoms with Crippen LogP contribution in [0.15, 0.2) is 52.3 Å². The van der Waals surface area contributed by atoms with E-state index in [-0.39, 0.29) is 35.4 Å². The first kappa shape index (κ1) is 22.1. The number of halogens is 2. The fourth-order valence-electron chi connectivity index (χ4n) is 2.55. The number of aromatic nitrogens is 1. The molecule has 0 fully saturated rings. The van der Waals surface area contributed by atoms with Crippen molar-refractivity contribution in [2.45, 2.75) is 32.9 Å². The molecule has 26 heavy (non-hydrogen) atoms. The van der Waals surface area contributed by atoms with Crippen LogP contribution in [0.4, 0.5) is 4.39 Å². The molecule has 0 aliphatic rings. The highest BCUT2D eigenvalue weighted by molar-refractivity contribution is 14.0. The molecule has 0 aliphatic carbocycles. The lowest BCUT2D eigenvalue weighted by Gasteiger charge is -2.13. The van der Waals surface area contributed by atoms with E-state index < -0.39 is 0 Å². The second-order valence-electron chi connectivity index (χ2n) is 5.81. The molecule has 0 bridgehead atoms. The summed E-state index contributed by atoms with van der Waals surface area (Å²) in [5, 5.41) is 6.30. The minimum atomic E-state index is -0.228. The molecule has 0 unspecified atom stereocenters. The van der Waals surface area contributed by atoms with E-state index >= 15 is 0 Å². The summed E-state index contributed by atoms with van der Waals surface area (Å²) in [6, 6.07) is 12.0. The van der Waals surface area contributed by atoms with Crippen molar-refractivity contribution >= 4 is 29.9 Å². The fraction of sp³-hybridized carbons (Fsp3) is 0.368. The van der Waals surface area contributed by atoms with Crippen molar-refractivity contribution in [3.8, 4) is 0 Å². The number of hydrogen-bond acceptors (Lipinski definition) is 2. The Hall–Kier alpha value is -1.90. The first-order chi connectivity index (χ1) is 12.1. The molecule has 0 amide bonds. The van der Waals surface area contributed by atoms with Crippen LogP contribution < -0.4 is 16.2 Å². The predicted molar refractivity (Wildman–Crippen MR) is 115 cm³/mol. The molecule has 1 heterocycles. The van der Waals surface area contributed by atoms with E-state index in [4.69, 9.17) is 0 Å². The number of nitrogens with one attached hydrogen (secondary N) is 2. The molecule has 0 saturated carbocycles. The second kappa shape index (κ2) is 11.7. The summed E-state index contributed by atoms with van der Waals surface area (Å²) in [5.74, 6) is 0.408. The van der Waals surface area contributed by atoms with Gasteiger partial charge in [0.15, 0.2) is 5.96 Å². The number of nitrogens with zero attached hydrogens (tertiary/aromatic N) is 2. The topological polar surface area (TPSA) is 58.4 Å². The number of rotatable bonds is 7. The van der Waals surface area contributed by atoms with Crippen LogP contribution in [0.2, 0.25) is 0 Å². The molecule has 1 aromatic carbocycles. The minimum absolute atomic E-state index is 0. The van der Waals surface area contributed by atoms with Crippen molar-refractivity contribution in [2.75, 3.05) is 13.6 Å². The zero-order chi connectivity index (χ0) is 18.1. The lowest BCUT2D eigenvalue weighted by molar-refractivity contribution is 0.573. The third-order valence-electron chi connectivity index (χ3n) is 4.00. The van der Waals surface area contributed by atoms with Crippen molar-refractivity contribution in [2.24, 2.45) is 4.99 Å². The molecular weight excluding hydrogens is 446 g/mol. The molecule has 7 heteroatoms. The van der Waals surface area contributed by atoms with E-state index in [2.05, 4.69) is 15.6 Å². The Morgan fingerprint density at radius 3 is 2.58 bits per heavy atom. The quantitative estimate of drug-likeness (QED) is 0.282. The van der Waals surface area contributed by atoms with Crippen LogP contribution in [-0.4, -0.2) is 24.1 Å². The van der Waals surface area contributed by atoms with E-state index in [1.54, 1.807) is 35.9 Å².